The average Bonchev–Trinajstić information content (AvgIpc) is 2.37. The molecule has 1 aromatic rings. The fourth-order valence-corrected chi connectivity index (χ4v) is 3.19. The van der Waals surface area contributed by atoms with Crippen molar-refractivity contribution in [1.82, 2.24) is 0 Å². The molecule has 0 spiro atoms. The van der Waals surface area contributed by atoms with Crippen molar-refractivity contribution < 1.29 is 28.5 Å². The van der Waals surface area contributed by atoms with E-state index in [1.165, 1.54) is 0 Å². The number of hydrogen-bond donors (Lipinski definition) is 0. The molecule has 5 nitrogen and oxygen atoms in total. The molecule has 1 aliphatic heterocycles. The molecule has 0 aliphatic carbocycles. The van der Waals surface area contributed by atoms with Crippen LogP contribution in [0.3, 0.4) is 0 Å². The van der Waals surface area contributed by atoms with Gasteiger partial charge < -0.3 is 4.90 Å². The molecule has 0 bridgehead atoms. The van der Waals surface area contributed by atoms with Crippen molar-refractivity contribution in [1.29, 1.82) is 0 Å². The average molecular weight is 274 g/mol. The summed E-state index contributed by atoms with van der Waals surface area (Å²) in [7, 11) is -2.77. The molecule has 18 heavy (non-hydrogen) atoms. The van der Waals surface area contributed by atoms with Crippen molar-refractivity contribution in [3.05, 3.63) is 29.8 Å². The molecule has 1 aliphatic rings. The Labute approximate surface area is 108 Å². The molecule has 1 unspecified atom stereocenters. The Balaban J connectivity index is 2.53. The minimum Gasteiger partial charge on any atom is -0.333 e. The Morgan fingerprint density at radius 1 is 1.11 bits per heavy atom. The first kappa shape index (κ1) is 13.6. The molecule has 0 saturated carbocycles. The molecule has 0 fully saturated rings. The van der Waals surface area contributed by atoms with Crippen LogP contribution < -0.4 is 18.9 Å². The normalized spacial score (nSPS) is 26.3. The Morgan fingerprint density at radius 2 is 1.67 bits per heavy atom. The number of hydrogen-bond acceptors (Lipinski definition) is 5. The summed E-state index contributed by atoms with van der Waals surface area (Å²) in [5, 5.41) is 0. The molecule has 1 atom stereocenters. The van der Waals surface area contributed by atoms with Crippen LogP contribution in [0.4, 0.5) is 5.69 Å². The third-order valence-electron chi connectivity index (χ3n) is 3.98. The van der Waals surface area contributed by atoms with Crippen LogP contribution in [0.2, 0.25) is 0 Å². The van der Waals surface area contributed by atoms with Gasteiger partial charge in [0, 0.05) is 19.7 Å². The Kier molecular flexibility index (Phi) is 2.88. The molecule has 0 saturated heterocycles. The largest absolute Gasteiger partial charge is 0.333 e. The molecule has 0 amide bonds. The van der Waals surface area contributed by atoms with Gasteiger partial charge in [0.15, 0.2) is 0 Å². The maximum atomic E-state index is 10.9. The van der Waals surface area contributed by atoms with Crippen LogP contribution in [0.25, 0.3) is 0 Å². The first-order valence-electron chi connectivity index (χ1n) is 5.54. The minimum atomic E-state index is -4.49. The van der Waals surface area contributed by atoms with E-state index in [1.807, 2.05) is 38.1 Å². The van der Waals surface area contributed by atoms with Gasteiger partial charge in [0.1, 0.15) is 0 Å². The minimum absolute atomic E-state index is 0.622. The van der Waals surface area contributed by atoms with Crippen molar-refractivity contribution in [2.45, 2.75) is 31.9 Å². The highest BCUT2D eigenvalue weighted by atomic mass is 35.7. The maximum absolute atomic E-state index is 10.9. The number of halogens is 1. The van der Waals surface area contributed by atoms with Crippen LogP contribution in [0.5, 0.6) is 0 Å². The lowest BCUT2D eigenvalue weighted by molar-refractivity contribution is -1.92. The lowest BCUT2D eigenvalue weighted by Gasteiger charge is -2.37. The van der Waals surface area contributed by atoms with E-state index in [1.54, 1.807) is 18.9 Å². The number of para-hydroxylation sites is 1. The van der Waals surface area contributed by atoms with Gasteiger partial charge in [0.25, 0.3) is 0 Å². The van der Waals surface area contributed by atoms with Crippen molar-refractivity contribution in [2.24, 2.45) is 0 Å². The molecule has 100 valence electrons. The van der Waals surface area contributed by atoms with Gasteiger partial charge in [-0.1, -0.05) is 32.0 Å². The van der Waals surface area contributed by atoms with Crippen molar-refractivity contribution in [3.63, 3.8) is 0 Å². The van der Waals surface area contributed by atoms with Gasteiger partial charge in [-0.05, 0) is 11.6 Å². The SMILES string of the molecule is CN1c2ccccc2C(C)(C)C1(C)O[Cl+3]([O-])([O-])[O-]. The van der Waals surface area contributed by atoms with E-state index in [0.29, 0.717) is 0 Å². The van der Waals surface area contributed by atoms with Crippen LogP contribution in [-0.4, -0.2) is 12.8 Å². The second-order valence-corrected chi connectivity index (χ2v) is 6.05. The zero-order valence-corrected chi connectivity index (χ0v) is 11.5. The zero-order valence-electron chi connectivity index (χ0n) is 10.8. The number of benzene rings is 1. The van der Waals surface area contributed by atoms with E-state index < -0.39 is 21.4 Å². The van der Waals surface area contributed by atoms with E-state index in [0.717, 1.165) is 11.3 Å². The monoisotopic (exact) mass is 273 g/mol. The number of likely N-dealkylation sites (N-methyl/N-ethyl adjacent to an activating group) is 1. The fourth-order valence-electron chi connectivity index (χ4n) is 2.53. The summed E-state index contributed by atoms with van der Waals surface area (Å²) in [6, 6.07) is 7.53. The first-order valence-corrected chi connectivity index (χ1v) is 6.78. The van der Waals surface area contributed by atoms with Crippen molar-refractivity contribution in [3.8, 4) is 0 Å². The fraction of sp³-hybridized carbons (Fsp3) is 0.500. The van der Waals surface area contributed by atoms with Crippen LogP contribution in [0.1, 0.15) is 26.3 Å². The highest BCUT2D eigenvalue weighted by Crippen LogP contribution is 2.51. The van der Waals surface area contributed by atoms with Gasteiger partial charge in [-0.2, -0.15) is 14.0 Å². The zero-order chi connectivity index (χ0) is 13.8. The van der Waals surface area contributed by atoms with Gasteiger partial charge in [-0.25, -0.2) is 0 Å². The second-order valence-electron chi connectivity index (χ2n) is 5.14. The van der Waals surface area contributed by atoms with Crippen molar-refractivity contribution >= 4 is 5.69 Å². The lowest BCUT2D eigenvalue weighted by atomic mass is 9.79. The van der Waals surface area contributed by atoms with Crippen LogP contribution in [0, 0.1) is 10.2 Å². The number of fused-ring (bicyclic) bond motifs is 1. The predicted octanol–water partition coefficient (Wildman–Crippen LogP) is -0.956. The number of rotatable bonds is 2. The Hall–Kier alpha value is -0.850. The smallest absolute Gasteiger partial charge is 0.303 e. The topological polar surface area (TPSA) is 81.7 Å². The molecule has 1 heterocycles. The predicted molar refractivity (Wildman–Crippen MR) is 57.4 cm³/mol. The summed E-state index contributed by atoms with van der Waals surface area (Å²) < 4.78 is 37.6. The van der Waals surface area contributed by atoms with E-state index in [2.05, 4.69) is 0 Å². The lowest BCUT2D eigenvalue weighted by Crippen LogP contribution is -2.69. The molecule has 1 aromatic carbocycles. The molecule has 2 rings (SSSR count). The highest BCUT2D eigenvalue weighted by Gasteiger charge is 2.62. The van der Waals surface area contributed by atoms with E-state index in [-0.39, 0.29) is 0 Å². The third kappa shape index (κ3) is 1.79. The van der Waals surface area contributed by atoms with Gasteiger partial charge in [0.2, 0.25) is 0 Å². The van der Waals surface area contributed by atoms with Gasteiger partial charge in [-0.3, -0.25) is 0 Å². The molecule has 0 aromatic heterocycles. The van der Waals surface area contributed by atoms with Crippen LogP contribution in [-0.2, 0) is 9.70 Å². The first-order chi connectivity index (χ1) is 8.09. The van der Waals surface area contributed by atoms with Gasteiger partial charge in [-0.15, -0.1) is 0 Å². The molecular weight excluding hydrogens is 258 g/mol. The van der Waals surface area contributed by atoms with Gasteiger partial charge >= 0.3 is 5.72 Å². The van der Waals surface area contributed by atoms with E-state index >= 15 is 0 Å². The highest BCUT2D eigenvalue weighted by molar-refractivity contribution is 5.64. The second kappa shape index (κ2) is 3.82. The summed E-state index contributed by atoms with van der Waals surface area (Å²) in [6.45, 7) is 5.32. The summed E-state index contributed by atoms with van der Waals surface area (Å²) in [5.74, 6) is 0. The molecule has 0 radical (unpaired) electrons. The van der Waals surface area contributed by atoms with Crippen LogP contribution >= 0.6 is 0 Å². The van der Waals surface area contributed by atoms with E-state index in [4.69, 9.17) is 4.29 Å². The van der Waals surface area contributed by atoms with Gasteiger partial charge in [0.05, 0.1) is 19.9 Å². The standard InChI is InChI=1S/C12H16ClNO4/c1-11(2)9-7-5-6-8-10(9)14(4)12(11,3)18-13(15,16)17/h5-8H,1-4H3. The summed E-state index contributed by atoms with van der Waals surface area (Å²) in [5.41, 5.74) is -0.0422. The number of nitrogens with zero attached hydrogens (tertiary/aromatic N) is 1. The molecular formula is C12H16ClNO4. The van der Waals surface area contributed by atoms with Crippen LogP contribution in [0.15, 0.2) is 24.3 Å². The summed E-state index contributed by atoms with van der Waals surface area (Å²) >= 11 is 0. The van der Waals surface area contributed by atoms with Crippen molar-refractivity contribution in [2.75, 3.05) is 11.9 Å². The summed E-state index contributed by atoms with van der Waals surface area (Å²) in [4.78, 5) is 1.69. The quantitative estimate of drug-likeness (QED) is 0.693. The number of anilines is 1. The maximum Gasteiger partial charge on any atom is 0.303 e. The molecule has 6 heteroatoms. The Morgan fingerprint density at radius 3 is 2.17 bits per heavy atom. The summed E-state index contributed by atoms with van der Waals surface area (Å²) in [6.07, 6.45) is 0. The van der Waals surface area contributed by atoms with E-state index in [9.17, 15) is 14.0 Å². The molecule has 0 N–H and O–H groups in total. The Bertz CT molecular complexity index is 471. The third-order valence-corrected chi connectivity index (χ3v) is 4.47.